The van der Waals surface area contributed by atoms with Crippen molar-refractivity contribution in [3.8, 4) is 72.7 Å². The van der Waals surface area contributed by atoms with Crippen molar-refractivity contribution >= 4 is 21.8 Å². The normalized spacial score (nSPS) is 15.2. The standard InChI is InChI=1S/C54H32N2/c1-2-13-33(14-3-1)34-25-28-36(29-26-34)56-50-24-11-10-23-49(50)55-53(56)35-27-30-40-39-17-6-8-21-45(39)54(47(40)31-35)46-22-9-7-18-42(46)52-43-20-12-19-41-37-15-4-5-16-38(37)44(51(41)43)32-48(52)54/h1-32H. The fourth-order valence-electron chi connectivity index (χ4n) is 10.5. The average molecular weight is 709 g/mol. The second kappa shape index (κ2) is 10.9. The molecule has 56 heavy (non-hydrogen) atoms. The summed E-state index contributed by atoms with van der Waals surface area (Å²) >= 11 is 0. The fraction of sp³-hybridized carbons (Fsp3) is 0.0185. The van der Waals surface area contributed by atoms with E-state index in [9.17, 15) is 0 Å². The van der Waals surface area contributed by atoms with Gasteiger partial charge in [-0.05, 0) is 125 Å². The molecule has 2 nitrogen and oxygen atoms in total. The molecule has 0 fully saturated rings. The molecule has 3 aliphatic rings. The third-order valence-electron chi connectivity index (χ3n) is 12.8. The van der Waals surface area contributed by atoms with E-state index >= 15 is 0 Å². The lowest BCUT2D eigenvalue weighted by atomic mass is 9.70. The summed E-state index contributed by atoms with van der Waals surface area (Å²) in [6.45, 7) is 0. The Hall–Kier alpha value is -7.29. The molecule has 1 unspecified atom stereocenters. The molecule has 258 valence electrons. The minimum atomic E-state index is -0.500. The molecule has 0 N–H and O–H groups in total. The Bertz CT molecular complexity index is 3300. The molecule has 0 radical (unpaired) electrons. The first-order valence-electron chi connectivity index (χ1n) is 19.5. The van der Waals surface area contributed by atoms with E-state index in [-0.39, 0.29) is 0 Å². The van der Waals surface area contributed by atoms with Crippen molar-refractivity contribution in [2.24, 2.45) is 0 Å². The van der Waals surface area contributed by atoms with Crippen molar-refractivity contribution in [3.63, 3.8) is 0 Å². The summed E-state index contributed by atoms with van der Waals surface area (Å²) in [6.07, 6.45) is 0. The van der Waals surface area contributed by atoms with Crippen LogP contribution in [0.15, 0.2) is 194 Å². The van der Waals surface area contributed by atoms with Gasteiger partial charge in [0, 0.05) is 11.3 Å². The van der Waals surface area contributed by atoms with E-state index < -0.39 is 5.41 Å². The lowest BCUT2D eigenvalue weighted by Gasteiger charge is -2.31. The Kier molecular flexibility index (Phi) is 5.86. The van der Waals surface area contributed by atoms with Crippen LogP contribution in [0.2, 0.25) is 0 Å². The lowest BCUT2D eigenvalue weighted by Crippen LogP contribution is -2.26. The van der Waals surface area contributed by atoms with E-state index in [1.165, 1.54) is 88.7 Å². The minimum Gasteiger partial charge on any atom is -0.292 e. The maximum atomic E-state index is 5.38. The van der Waals surface area contributed by atoms with Gasteiger partial charge in [-0.1, -0.05) is 158 Å². The van der Waals surface area contributed by atoms with Gasteiger partial charge >= 0.3 is 0 Å². The molecule has 0 saturated carbocycles. The highest BCUT2D eigenvalue weighted by Gasteiger charge is 2.52. The van der Waals surface area contributed by atoms with Crippen LogP contribution in [0.4, 0.5) is 0 Å². The largest absolute Gasteiger partial charge is 0.292 e. The quantitative estimate of drug-likeness (QED) is 0.179. The molecule has 0 aliphatic heterocycles. The van der Waals surface area contributed by atoms with E-state index in [4.69, 9.17) is 4.98 Å². The number of rotatable bonds is 3. The summed E-state index contributed by atoms with van der Waals surface area (Å²) in [7, 11) is 0. The van der Waals surface area contributed by atoms with Gasteiger partial charge in [0.25, 0.3) is 0 Å². The number of hydrogen-bond acceptors (Lipinski definition) is 1. The summed E-state index contributed by atoms with van der Waals surface area (Å²) in [6, 6.07) is 71.8. The van der Waals surface area contributed by atoms with E-state index in [0.29, 0.717) is 0 Å². The highest BCUT2D eigenvalue weighted by atomic mass is 15.1. The Morgan fingerprint density at radius 3 is 1.80 bits per heavy atom. The summed E-state index contributed by atoms with van der Waals surface area (Å²) < 4.78 is 2.34. The number of fused-ring (bicyclic) bond motifs is 15. The topological polar surface area (TPSA) is 17.8 Å². The van der Waals surface area contributed by atoms with Gasteiger partial charge in [-0.2, -0.15) is 0 Å². The molecule has 1 aromatic heterocycles. The highest BCUT2D eigenvalue weighted by Crippen LogP contribution is 2.66. The zero-order valence-electron chi connectivity index (χ0n) is 30.4. The molecular formula is C54H32N2. The number of hydrogen-bond donors (Lipinski definition) is 0. The first-order chi connectivity index (χ1) is 27.8. The van der Waals surface area contributed by atoms with Crippen molar-refractivity contribution in [3.05, 3.63) is 216 Å². The van der Waals surface area contributed by atoms with Crippen molar-refractivity contribution in [2.45, 2.75) is 5.41 Å². The second-order valence-corrected chi connectivity index (χ2v) is 15.4. The molecule has 1 atom stereocenters. The van der Waals surface area contributed by atoms with Gasteiger partial charge in [-0.15, -0.1) is 0 Å². The van der Waals surface area contributed by atoms with Crippen molar-refractivity contribution in [2.75, 3.05) is 0 Å². The van der Waals surface area contributed by atoms with E-state index in [2.05, 4.69) is 199 Å². The monoisotopic (exact) mass is 708 g/mol. The van der Waals surface area contributed by atoms with Gasteiger partial charge in [0.1, 0.15) is 5.82 Å². The second-order valence-electron chi connectivity index (χ2n) is 15.4. The number of benzene rings is 9. The molecule has 9 aromatic carbocycles. The average Bonchev–Trinajstić information content (AvgIpc) is 3.99. The molecule has 1 heterocycles. The Balaban J connectivity index is 1.09. The smallest absolute Gasteiger partial charge is 0.145 e. The van der Waals surface area contributed by atoms with Crippen LogP contribution in [0.1, 0.15) is 22.3 Å². The molecule has 2 heteroatoms. The Morgan fingerprint density at radius 2 is 0.982 bits per heavy atom. The Labute approximate surface area is 324 Å². The van der Waals surface area contributed by atoms with Crippen LogP contribution in [0, 0.1) is 0 Å². The third kappa shape index (κ3) is 3.73. The van der Waals surface area contributed by atoms with Gasteiger partial charge in [0.15, 0.2) is 0 Å². The van der Waals surface area contributed by atoms with Gasteiger partial charge in [-0.3, -0.25) is 4.57 Å². The Morgan fingerprint density at radius 1 is 0.375 bits per heavy atom. The maximum Gasteiger partial charge on any atom is 0.145 e. The molecule has 0 amide bonds. The minimum absolute atomic E-state index is 0.500. The molecule has 10 aromatic rings. The van der Waals surface area contributed by atoms with Crippen LogP contribution in [-0.4, -0.2) is 9.55 Å². The molecule has 13 rings (SSSR count). The number of imidazole rings is 1. The van der Waals surface area contributed by atoms with Crippen LogP contribution in [-0.2, 0) is 5.41 Å². The summed E-state index contributed by atoms with van der Waals surface area (Å²) in [5, 5.41) is 2.70. The van der Waals surface area contributed by atoms with Crippen molar-refractivity contribution in [1.82, 2.24) is 9.55 Å². The molecule has 0 saturated heterocycles. The fourth-order valence-corrected chi connectivity index (χ4v) is 10.5. The molecule has 0 bridgehead atoms. The van der Waals surface area contributed by atoms with Gasteiger partial charge in [0.05, 0.1) is 16.4 Å². The van der Waals surface area contributed by atoms with E-state index in [1.807, 2.05) is 0 Å². The SMILES string of the molecule is c1ccc(-c2ccc(-n3c(-c4ccc5c(c4)C4(c6ccccc6-5)c5ccccc5-c5c4cc4c6c(cccc56)-c5ccccc5-4)nc4ccccc43)cc2)cc1. The number of nitrogens with zero attached hydrogens (tertiary/aromatic N) is 2. The van der Waals surface area contributed by atoms with E-state index in [1.54, 1.807) is 0 Å². The predicted octanol–water partition coefficient (Wildman–Crippen LogP) is 13.5. The zero-order valence-corrected chi connectivity index (χ0v) is 30.4. The number of para-hydroxylation sites is 2. The third-order valence-corrected chi connectivity index (χ3v) is 12.8. The van der Waals surface area contributed by atoms with Gasteiger partial charge < -0.3 is 0 Å². The van der Waals surface area contributed by atoms with E-state index in [0.717, 1.165) is 28.1 Å². The summed E-state index contributed by atoms with van der Waals surface area (Å²) in [5.41, 5.74) is 22.1. The lowest BCUT2D eigenvalue weighted by molar-refractivity contribution is 0.795. The summed E-state index contributed by atoms with van der Waals surface area (Å²) in [5.74, 6) is 0.940. The van der Waals surface area contributed by atoms with Crippen molar-refractivity contribution < 1.29 is 0 Å². The predicted molar refractivity (Wildman–Crippen MR) is 230 cm³/mol. The molecule has 3 aliphatic carbocycles. The zero-order chi connectivity index (χ0) is 36.5. The van der Waals surface area contributed by atoms with Crippen LogP contribution >= 0.6 is 0 Å². The van der Waals surface area contributed by atoms with Crippen LogP contribution in [0.3, 0.4) is 0 Å². The van der Waals surface area contributed by atoms with Gasteiger partial charge in [0.2, 0.25) is 0 Å². The van der Waals surface area contributed by atoms with Crippen LogP contribution in [0.25, 0.3) is 94.5 Å². The molecule has 1 spiro atoms. The molecular weight excluding hydrogens is 677 g/mol. The van der Waals surface area contributed by atoms with Crippen molar-refractivity contribution in [1.29, 1.82) is 0 Å². The van der Waals surface area contributed by atoms with Crippen LogP contribution < -0.4 is 0 Å². The maximum absolute atomic E-state index is 5.38. The number of aromatic nitrogens is 2. The van der Waals surface area contributed by atoms with Gasteiger partial charge in [-0.25, -0.2) is 4.98 Å². The first kappa shape index (κ1) is 30.1. The first-order valence-corrected chi connectivity index (χ1v) is 19.5. The van der Waals surface area contributed by atoms with Crippen LogP contribution in [0.5, 0.6) is 0 Å². The summed E-state index contributed by atoms with van der Waals surface area (Å²) in [4.78, 5) is 5.38. The highest BCUT2D eigenvalue weighted by molar-refractivity contribution is 6.21.